The number of hydrogen-bond donors (Lipinski definition) is 1. The zero-order valence-corrected chi connectivity index (χ0v) is 24.8. The van der Waals surface area contributed by atoms with Crippen molar-refractivity contribution in [2.45, 2.75) is 38.4 Å². The normalized spacial score (nSPS) is 18.2. The Balaban J connectivity index is 0.00000423. The summed E-state index contributed by atoms with van der Waals surface area (Å²) in [5, 5.41) is 13.9. The Hall–Kier alpha value is -3.16. The van der Waals surface area contributed by atoms with Crippen LogP contribution in [0.15, 0.2) is 36.7 Å². The number of piperazine rings is 1. The van der Waals surface area contributed by atoms with Crippen LogP contribution in [-0.4, -0.2) is 82.7 Å². The van der Waals surface area contributed by atoms with Gasteiger partial charge in [0.25, 0.3) is 6.43 Å². The standard InChI is InChI=1S/C28H30ClF5N6O2.ClH/c1-17-11-24(38-9-7-37(8-10-38)16-28(32,33)34)35-13-21(17)20-5-4-18(29)12-23(20)39-6-2-3-19(15-39)40-25(26(30)31)22(14-36-40)27(41)42;/h4-5,11-14,19,26H,2-3,6-10,15-16H2,1H3,(H,41,42);1H. The lowest BCUT2D eigenvalue weighted by atomic mass is 9.97. The summed E-state index contributed by atoms with van der Waals surface area (Å²) in [7, 11) is 0. The van der Waals surface area contributed by atoms with Gasteiger partial charge in [-0.1, -0.05) is 17.7 Å². The third kappa shape index (κ3) is 7.32. The van der Waals surface area contributed by atoms with Gasteiger partial charge in [-0.3, -0.25) is 9.58 Å². The number of halogens is 7. The Kier molecular flexibility index (Phi) is 10.1. The Morgan fingerprint density at radius 2 is 1.79 bits per heavy atom. The molecule has 1 aromatic carbocycles. The van der Waals surface area contributed by atoms with Crippen molar-refractivity contribution >= 4 is 41.5 Å². The summed E-state index contributed by atoms with van der Waals surface area (Å²) >= 11 is 6.39. The summed E-state index contributed by atoms with van der Waals surface area (Å²) in [6, 6.07) is 6.89. The largest absolute Gasteiger partial charge is 0.478 e. The molecule has 2 saturated heterocycles. The molecule has 1 atom stereocenters. The van der Waals surface area contributed by atoms with Gasteiger partial charge in [-0.2, -0.15) is 18.3 Å². The molecule has 2 aromatic heterocycles. The van der Waals surface area contributed by atoms with Crippen LogP contribution in [0, 0.1) is 6.92 Å². The summed E-state index contributed by atoms with van der Waals surface area (Å²) in [5.74, 6) is -0.764. The maximum Gasteiger partial charge on any atom is 0.401 e. The first-order chi connectivity index (χ1) is 19.9. The number of anilines is 2. The van der Waals surface area contributed by atoms with Gasteiger partial charge >= 0.3 is 12.1 Å². The van der Waals surface area contributed by atoms with Crippen LogP contribution in [0.25, 0.3) is 11.1 Å². The second-order valence-electron chi connectivity index (χ2n) is 10.6. The Labute approximate surface area is 256 Å². The van der Waals surface area contributed by atoms with Gasteiger partial charge in [0.05, 0.1) is 18.8 Å². The Morgan fingerprint density at radius 1 is 1.07 bits per heavy atom. The van der Waals surface area contributed by atoms with Crippen LogP contribution in [0.2, 0.25) is 5.02 Å². The van der Waals surface area contributed by atoms with Crippen molar-refractivity contribution < 1.29 is 31.9 Å². The quantitative estimate of drug-likeness (QED) is 0.294. The predicted octanol–water partition coefficient (Wildman–Crippen LogP) is 6.49. The van der Waals surface area contributed by atoms with E-state index in [1.165, 1.54) is 4.90 Å². The van der Waals surface area contributed by atoms with Gasteiger partial charge in [-0.15, -0.1) is 12.4 Å². The number of hydrogen-bond acceptors (Lipinski definition) is 6. The van der Waals surface area contributed by atoms with Crippen LogP contribution in [0.3, 0.4) is 0 Å². The molecule has 3 aromatic rings. The molecule has 0 radical (unpaired) electrons. The first kappa shape index (κ1) is 32.7. The molecule has 0 bridgehead atoms. The molecule has 5 rings (SSSR count). The maximum absolute atomic E-state index is 13.9. The van der Waals surface area contributed by atoms with Gasteiger partial charge in [0.15, 0.2) is 0 Å². The summed E-state index contributed by atoms with van der Waals surface area (Å²) in [4.78, 5) is 21.5. The topological polar surface area (TPSA) is 77.7 Å². The minimum absolute atomic E-state index is 0. The van der Waals surface area contributed by atoms with Crippen LogP contribution in [0.5, 0.6) is 0 Å². The number of aromatic carboxylic acids is 1. The van der Waals surface area contributed by atoms with E-state index in [4.69, 9.17) is 11.6 Å². The number of aryl methyl sites for hydroxylation is 1. The number of piperidine rings is 1. The van der Waals surface area contributed by atoms with E-state index in [1.54, 1.807) is 12.3 Å². The molecule has 2 aliphatic heterocycles. The van der Waals surface area contributed by atoms with Crippen LogP contribution >= 0.6 is 24.0 Å². The predicted molar refractivity (Wildman–Crippen MR) is 156 cm³/mol. The number of carboxylic acid groups (broad SMARTS) is 1. The summed E-state index contributed by atoms with van der Waals surface area (Å²) in [5.41, 5.74) is 2.27. The Morgan fingerprint density at radius 3 is 2.42 bits per heavy atom. The highest BCUT2D eigenvalue weighted by molar-refractivity contribution is 6.31. The monoisotopic (exact) mass is 648 g/mol. The van der Waals surface area contributed by atoms with E-state index in [0.29, 0.717) is 49.9 Å². The van der Waals surface area contributed by atoms with Gasteiger partial charge in [-0.05, 0) is 43.5 Å². The van der Waals surface area contributed by atoms with Crippen molar-refractivity contribution in [1.29, 1.82) is 0 Å². The molecule has 0 saturated carbocycles. The number of benzene rings is 1. The minimum atomic E-state index is -4.23. The van der Waals surface area contributed by atoms with E-state index in [0.717, 1.165) is 33.3 Å². The van der Waals surface area contributed by atoms with E-state index in [1.807, 2.05) is 34.9 Å². The van der Waals surface area contributed by atoms with Crippen molar-refractivity contribution in [3.8, 4) is 11.1 Å². The van der Waals surface area contributed by atoms with Crippen molar-refractivity contribution in [2.75, 3.05) is 55.6 Å². The molecule has 234 valence electrons. The first-order valence-corrected chi connectivity index (χ1v) is 13.9. The van der Waals surface area contributed by atoms with Crippen molar-refractivity contribution in [3.05, 3.63) is 58.5 Å². The van der Waals surface area contributed by atoms with Crippen LogP contribution < -0.4 is 9.80 Å². The molecule has 8 nitrogen and oxygen atoms in total. The average molecular weight is 649 g/mol. The summed E-state index contributed by atoms with van der Waals surface area (Å²) in [6.07, 6.45) is -3.29. The highest BCUT2D eigenvalue weighted by atomic mass is 35.5. The molecular weight excluding hydrogens is 618 g/mol. The van der Waals surface area contributed by atoms with E-state index >= 15 is 0 Å². The number of aromatic nitrogens is 3. The SMILES string of the molecule is Cc1cc(N2CCN(CC(F)(F)F)CC2)ncc1-c1ccc(Cl)cc1N1CCCC(n2ncc(C(=O)O)c2C(F)F)C1.Cl. The number of pyridine rings is 1. The minimum Gasteiger partial charge on any atom is -0.478 e. The fraction of sp³-hybridized carbons (Fsp3) is 0.464. The van der Waals surface area contributed by atoms with E-state index in [9.17, 15) is 31.9 Å². The molecular formula is C28H31Cl2F5N6O2. The van der Waals surface area contributed by atoms with Crippen LogP contribution in [0.4, 0.5) is 33.5 Å². The van der Waals surface area contributed by atoms with E-state index in [2.05, 4.69) is 10.1 Å². The van der Waals surface area contributed by atoms with E-state index in [-0.39, 0.29) is 25.5 Å². The van der Waals surface area contributed by atoms with Gasteiger partial charge < -0.3 is 14.9 Å². The lowest BCUT2D eigenvalue weighted by Crippen LogP contribution is -2.49. The zero-order chi connectivity index (χ0) is 30.2. The van der Waals surface area contributed by atoms with Crippen molar-refractivity contribution in [2.24, 2.45) is 0 Å². The van der Waals surface area contributed by atoms with Crippen LogP contribution in [-0.2, 0) is 0 Å². The fourth-order valence-corrected chi connectivity index (χ4v) is 5.96. The fourth-order valence-electron chi connectivity index (χ4n) is 5.80. The van der Waals surface area contributed by atoms with Gasteiger partial charge in [0.1, 0.15) is 17.1 Å². The third-order valence-corrected chi connectivity index (χ3v) is 8.03. The number of carboxylic acids is 1. The molecule has 0 amide bonds. The smallest absolute Gasteiger partial charge is 0.401 e. The molecule has 15 heteroatoms. The summed E-state index contributed by atoms with van der Waals surface area (Å²) in [6.45, 7) is 3.40. The molecule has 2 aliphatic rings. The highest BCUT2D eigenvalue weighted by Crippen LogP contribution is 2.39. The Bertz CT molecular complexity index is 1450. The lowest BCUT2D eigenvalue weighted by molar-refractivity contribution is -0.146. The van der Waals surface area contributed by atoms with Gasteiger partial charge in [0, 0.05) is 67.3 Å². The number of carbonyl (C=O) groups is 1. The molecule has 2 fully saturated rings. The zero-order valence-electron chi connectivity index (χ0n) is 23.2. The number of nitrogens with zero attached hydrogens (tertiary/aromatic N) is 6. The van der Waals surface area contributed by atoms with Gasteiger partial charge in [0.2, 0.25) is 0 Å². The summed E-state index contributed by atoms with van der Waals surface area (Å²) < 4.78 is 67.2. The lowest BCUT2D eigenvalue weighted by Gasteiger charge is -2.37. The van der Waals surface area contributed by atoms with Crippen molar-refractivity contribution in [3.63, 3.8) is 0 Å². The molecule has 43 heavy (non-hydrogen) atoms. The number of alkyl halides is 5. The van der Waals surface area contributed by atoms with E-state index < -0.39 is 42.4 Å². The molecule has 1 N–H and O–H groups in total. The van der Waals surface area contributed by atoms with Crippen LogP contribution in [0.1, 0.15) is 46.9 Å². The molecule has 0 aliphatic carbocycles. The third-order valence-electron chi connectivity index (χ3n) is 7.80. The number of rotatable bonds is 7. The second-order valence-corrected chi connectivity index (χ2v) is 11.1. The average Bonchev–Trinajstić information content (AvgIpc) is 3.39. The highest BCUT2D eigenvalue weighted by Gasteiger charge is 2.33. The maximum atomic E-state index is 13.9. The molecule has 1 unspecified atom stereocenters. The molecule has 0 spiro atoms. The second kappa shape index (κ2) is 13.2. The van der Waals surface area contributed by atoms with Crippen molar-refractivity contribution in [1.82, 2.24) is 19.7 Å². The first-order valence-electron chi connectivity index (χ1n) is 13.6. The molecule has 4 heterocycles. The van der Waals surface area contributed by atoms with Gasteiger partial charge in [-0.25, -0.2) is 18.6 Å².